The second-order valence-corrected chi connectivity index (χ2v) is 38.0. The molecule has 13 atom stereocenters. The van der Waals surface area contributed by atoms with Gasteiger partial charge in [0.1, 0.15) is 87.9 Å². The van der Waals surface area contributed by atoms with Crippen LogP contribution in [0.15, 0.2) is 35.6 Å². The molecule has 37 nitrogen and oxygen atoms in total. The molecule has 12 aliphatic heterocycles. The van der Waals surface area contributed by atoms with Crippen LogP contribution in [0, 0.1) is 0 Å². The van der Waals surface area contributed by atoms with Crippen LogP contribution in [0.3, 0.4) is 0 Å². The first-order chi connectivity index (χ1) is 59.6. The molecule has 15 amide bonds. The lowest BCUT2D eigenvalue weighted by Gasteiger charge is -2.38. The molecule has 12 fully saturated rings. The van der Waals surface area contributed by atoms with Crippen molar-refractivity contribution in [2.45, 2.75) is 271 Å². The number of nitrogens with one attached hydrogen (secondary N) is 3. The molecule has 1 aromatic carbocycles. The topological polar surface area (TPSA) is 440 Å². The number of carbonyl (C=O) groups is 15. The second-order valence-electron chi connectivity index (χ2n) is 36.3. The number of fused-ring (bicyclic) bond motifs is 1. The van der Waals surface area contributed by atoms with Gasteiger partial charge in [-0.1, -0.05) is 29.1 Å². The van der Waals surface area contributed by atoms with Gasteiger partial charge in [0.15, 0.2) is 5.16 Å². The summed E-state index contributed by atoms with van der Waals surface area (Å²) < 4.78 is 1.55. The zero-order chi connectivity index (χ0) is 87.4. The van der Waals surface area contributed by atoms with Gasteiger partial charge in [0, 0.05) is 109 Å². The summed E-state index contributed by atoms with van der Waals surface area (Å²) in [5.74, 6) is -5.86. The van der Waals surface area contributed by atoms with Crippen LogP contribution in [0.2, 0.25) is 0 Å². The van der Waals surface area contributed by atoms with Crippen molar-refractivity contribution in [2.75, 3.05) is 102 Å². The van der Waals surface area contributed by atoms with Gasteiger partial charge in [0.25, 0.3) is 5.91 Å². The summed E-state index contributed by atoms with van der Waals surface area (Å²) in [6.07, 6.45) is 13.2. The van der Waals surface area contributed by atoms with E-state index in [2.05, 4.69) is 31.2 Å². The zero-order valence-electron chi connectivity index (χ0n) is 71.3. The van der Waals surface area contributed by atoms with E-state index in [4.69, 9.17) is 16.5 Å². The molecule has 0 bridgehead atoms. The summed E-state index contributed by atoms with van der Waals surface area (Å²) in [5.41, 5.74) is 14.3. The highest BCUT2D eigenvalue weighted by Crippen LogP contribution is 2.43. The number of carbonyl (C=O) groups excluding carboxylic acids is 15. The smallest absolute Gasteiger partial charge is 0.263 e. The van der Waals surface area contributed by atoms with Crippen molar-refractivity contribution in [3.8, 4) is 11.3 Å². The Morgan fingerprint density at radius 3 is 1.20 bits per heavy atom. The van der Waals surface area contributed by atoms with Gasteiger partial charge < -0.3 is 86.2 Å². The van der Waals surface area contributed by atoms with E-state index in [0.717, 1.165) is 0 Å². The van der Waals surface area contributed by atoms with E-state index in [1.807, 2.05) is 45.2 Å². The number of hydrogen-bond acceptors (Lipinski definition) is 23. The minimum absolute atomic E-state index is 0.00351. The third kappa shape index (κ3) is 16.9. The molecular weight excluding hydrogens is 1630 g/mol. The van der Waals surface area contributed by atoms with E-state index in [0.29, 0.717) is 198 Å². The Bertz CT molecular complexity index is 4900. The third-order valence-corrected chi connectivity index (χ3v) is 29.1. The van der Waals surface area contributed by atoms with Gasteiger partial charge in [-0.15, -0.1) is 16.4 Å². The predicted molar refractivity (Wildman–Crippen MR) is 453 cm³/mol. The van der Waals surface area contributed by atoms with Crippen molar-refractivity contribution in [2.24, 2.45) is 5.73 Å². The maximum absolute atomic E-state index is 15.9. The first kappa shape index (κ1) is 86.9. The first-order valence-corrected chi connectivity index (χ1v) is 46.5. The van der Waals surface area contributed by atoms with E-state index >= 15 is 28.8 Å². The van der Waals surface area contributed by atoms with Crippen LogP contribution in [0.1, 0.15) is 197 Å². The largest absolute Gasteiger partial charge is 0.397 e. The molecule has 4 aromatic rings. The minimum atomic E-state index is -1.20. The van der Waals surface area contributed by atoms with Crippen LogP contribution in [0.5, 0.6) is 0 Å². The molecule has 7 N–H and O–H groups in total. The third-order valence-electron chi connectivity index (χ3n) is 27.5. The lowest BCUT2D eigenvalue weighted by atomic mass is 10.1. The molecule has 0 aliphatic carbocycles. The summed E-state index contributed by atoms with van der Waals surface area (Å²) in [6.45, 7) is 9.82. The molecule has 12 aliphatic rings. The number of nitrogens with zero attached hydrogens (tertiary/aromatic N) is 17. The van der Waals surface area contributed by atoms with E-state index in [9.17, 15) is 43.2 Å². The van der Waals surface area contributed by atoms with Crippen molar-refractivity contribution in [1.82, 2.24) is 94.4 Å². The fraction of sp³-hybridized carbons (Fsp3) is 0.659. The number of thioether (sulfide) groups is 1. The number of likely N-dealkylation sites (tertiary alicyclic amines) is 12. The lowest BCUT2D eigenvalue weighted by molar-refractivity contribution is -0.156. The monoisotopic (exact) mass is 1750 g/mol. The number of benzene rings is 1. The van der Waals surface area contributed by atoms with Crippen molar-refractivity contribution in [3.63, 3.8) is 0 Å². The number of hydrogen-bond donors (Lipinski definition) is 5. The fourth-order valence-corrected chi connectivity index (χ4v) is 23.0. The molecular formula is C85H114N22O15S2. The Balaban J connectivity index is 0.605. The molecule has 0 saturated carbocycles. The van der Waals surface area contributed by atoms with Crippen LogP contribution >= 0.6 is 23.1 Å². The normalized spacial score (nSPS) is 27.1. The van der Waals surface area contributed by atoms with Crippen LogP contribution < -0.4 is 27.4 Å². The molecule has 124 heavy (non-hydrogen) atoms. The highest BCUT2D eigenvalue weighted by molar-refractivity contribution is 7.98. The molecule has 12 saturated heterocycles. The SMILES string of the molecule is CSc1nc(-c2cccc(NCC(=O)NCc3cn([C@H]4C[C@@H](C(=O)N5CCC[C@H]5C(=O)N5CCC[C@H]5C(=O)N5CCC[C@H]5C(=O)N5CCC[C@H]5C(=O)N5CCC[C@H]5C(N)=O)N(C(=O)[C@@H]5CCCN5C(=O)[C@@H]5CCCN5C(=O)[C@@H]5CCCN5C(=O)[C@@H]5CCCN5C(=O)[C@@H]5CCCN5C(=O)[C@@H]5CCCN5C(C)=O)C4)nn3)c2)c2c(N)c(C(=O)NC(C)(C)C)sc2n1. The van der Waals surface area contributed by atoms with Crippen molar-refractivity contribution in [1.29, 1.82) is 0 Å². The maximum atomic E-state index is 15.9. The van der Waals surface area contributed by atoms with Gasteiger partial charge in [-0.2, -0.15) is 0 Å². The standard InChI is InChI=1S/C85H114N22O15S2/c1-48(108)95-31-8-21-54(95)73(112)97-33-10-23-56(97)75(114)99-35-12-25-58(99)77(116)101-37-13-26-59(101)78(117)102-38-15-28-61(102)80(119)104-40-17-30-63(104)82(121)106-47-52(107-46-51(93-94-107)44-89-65(109)45-88-50-19-6-18-49(42-50)68-66-67(86)69(71(111)92-85(2,3)4)124-72(66)91-84(90-68)123-5)43-64(106)83(122)105-41-16-29-62(105)81(120)103-39-14-27-60(103)79(118)100-36-11-24-57(100)76(115)98-34-9-22-55(98)74(113)96-32-7-20-53(96)70(87)110/h6,18-19,42,46,52-64,88H,7-17,20-41,43-45,47,86H2,1-5H3,(H2,87,110)(H,89,109)(H,92,111)/t52-,53-,54-,55-,56-,57-,58-,59-,60-,61-,62-,63-,64-/m0/s1. The Kier molecular flexibility index (Phi) is 25.3. The number of rotatable bonds is 21. The highest BCUT2D eigenvalue weighted by Gasteiger charge is 2.55. The van der Waals surface area contributed by atoms with E-state index < -0.39 is 131 Å². The molecule has 16 rings (SSSR count). The maximum Gasteiger partial charge on any atom is 0.263 e. The number of primary amides is 1. The molecule has 3 aromatic heterocycles. The number of anilines is 2. The number of nitrogen functional groups attached to an aromatic ring is 1. The second kappa shape index (κ2) is 36.2. The summed E-state index contributed by atoms with van der Waals surface area (Å²) in [7, 11) is 0. The van der Waals surface area contributed by atoms with Crippen LogP contribution in [-0.2, 0) is 73.7 Å². The first-order valence-electron chi connectivity index (χ1n) is 44.5. The Morgan fingerprint density at radius 1 is 0.476 bits per heavy atom. The molecule has 15 heterocycles. The average Bonchev–Trinajstić information content (AvgIpc) is 1.60. The van der Waals surface area contributed by atoms with Gasteiger partial charge in [-0.3, -0.25) is 71.9 Å². The molecule has 0 spiro atoms. The summed E-state index contributed by atoms with van der Waals surface area (Å²) in [5, 5.41) is 19.0. The molecule has 666 valence electrons. The van der Waals surface area contributed by atoms with Crippen LogP contribution in [0.25, 0.3) is 21.5 Å². The Morgan fingerprint density at radius 2 is 0.831 bits per heavy atom. The summed E-state index contributed by atoms with van der Waals surface area (Å²) in [4.78, 5) is 246. The molecule has 39 heteroatoms. The number of amides is 15. The van der Waals surface area contributed by atoms with Crippen molar-refractivity contribution >= 4 is 133 Å². The predicted octanol–water partition coefficient (Wildman–Crippen LogP) is 2.06. The zero-order valence-corrected chi connectivity index (χ0v) is 72.9. The average molecular weight is 1750 g/mol. The van der Waals surface area contributed by atoms with Gasteiger partial charge in [0.2, 0.25) is 82.7 Å². The quantitative estimate of drug-likeness (QED) is 0.0588. The Hall–Kier alpha value is -10.6. The number of thiophene rings is 1. The highest BCUT2D eigenvalue weighted by atomic mass is 32.2. The Labute approximate surface area is 727 Å². The van der Waals surface area contributed by atoms with E-state index in [1.54, 1.807) is 46.3 Å². The molecule has 0 unspecified atom stereocenters. The molecule has 0 radical (unpaired) electrons. The van der Waals surface area contributed by atoms with Gasteiger partial charge in [-0.25, -0.2) is 14.6 Å². The van der Waals surface area contributed by atoms with Crippen LogP contribution in [0.4, 0.5) is 11.4 Å². The lowest BCUT2D eigenvalue weighted by Crippen LogP contribution is -2.59. The number of nitrogens with two attached hydrogens (primary N) is 2. The van der Waals surface area contributed by atoms with Crippen molar-refractivity contribution < 1.29 is 71.9 Å². The van der Waals surface area contributed by atoms with Gasteiger partial charge in [0.05, 0.1) is 42.1 Å². The van der Waals surface area contributed by atoms with Gasteiger partial charge in [-0.05, 0) is 180 Å². The summed E-state index contributed by atoms with van der Waals surface area (Å²) in [6, 6.07) is -4.33. The van der Waals surface area contributed by atoms with Crippen molar-refractivity contribution in [3.05, 3.63) is 41.0 Å². The van der Waals surface area contributed by atoms with Crippen LogP contribution in [-0.4, -0.2) is 342 Å². The van der Waals surface area contributed by atoms with E-state index in [-0.39, 0.29) is 132 Å². The fourth-order valence-electron chi connectivity index (χ4n) is 21.6. The minimum Gasteiger partial charge on any atom is -0.397 e. The van der Waals surface area contributed by atoms with E-state index in [1.165, 1.54) is 59.4 Å². The summed E-state index contributed by atoms with van der Waals surface area (Å²) >= 11 is 2.53. The van der Waals surface area contributed by atoms with Gasteiger partial charge >= 0.3 is 0 Å². The number of aromatic nitrogens is 5.